The first kappa shape index (κ1) is 16.2. The van der Waals surface area contributed by atoms with Gasteiger partial charge in [0, 0.05) is 25.2 Å². The van der Waals surface area contributed by atoms with Gasteiger partial charge in [0.1, 0.15) is 17.2 Å². The maximum Gasteiger partial charge on any atom is 0.191 e. The molecule has 7 nitrogen and oxygen atoms in total. The smallest absolute Gasteiger partial charge is 0.191 e. The summed E-state index contributed by atoms with van der Waals surface area (Å²) in [7, 11) is 4.81. The van der Waals surface area contributed by atoms with Crippen molar-refractivity contribution in [3.05, 3.63) is 17.7 Å². The molecular weight excluding hydrogens is 286 g/mol. The van der Waals surface area contributed by atoms with Gasteiger partial charge in [-0.25, -0.2) is 4.99 Å². The zero-order valence-corrected chi connectivity index (χ0v) is 13.3. The predicted molar refractivity (Wildman–Crippen MR) is 83.8 cm³/mol. The number of nitrogens with two attached hydrogens (primary N) is 1. The molecule has 0 atom stereocenters. The zero-order valence-electron chi connectivity index (χ0n) is 13.3. The van der Waals surface area contributed by atoms with Crippen molar-refractivity contribution in [2.45, 2.75) is 6.54 Å². The minimum Gasteiger partial charge on any atom is -0.496 e. The van der Waals surface area contributed by atoms with Gasteiger partial charge in [-0.15, -0.1) is 0 Å². The van der Waals surface area contributed by atoms with Gasteiger partial charge in [0.2, 0.25) is 0 Å². The lowest BCUT2D eigenvalue weighted by atomic mass is 10.1. The van der Waals surface area contributed by atoms with Crippen molar-refractivity contribution in [2.75, 3.05) is 47.6 Å². The van der Waals surface area contributed by atoms with Crippen molar-refractivity contribution in [1.29, 1.82) is 0 Å². The molecule has 2 rings (SSSR count). The summed E-state index contributed by atoms with van der Waals surface area (Å²) in [4.78, 5) is 6.46. The number of guanidine groups is 1. The number of ether oxygens (including phenoxy) is 4. The molecule has 0 amide bonds. The Labute approximate surface area is 130 Å². The molecular formula is C15H23N3O4. The highest BCUT2D eigenvalue weighted by molar-refractivity contribution is 5.78. The Balaban J connectivity index is 2.20. The Bertz CT molecular complexity index is 503. The van der Waals surface area contributed by atoms with E-state index < -0.39 is 0 Å². The van der Waals surface area contributed by atoms with E-state index in [1.165, 1.54) is 0 Å². The van der Waals surface area contributed by atoms with Crippen LogP contribution in [0.1, 0.15) is 5.56 Å². The standard InChI is InChI=1S/C15H23N3O4/c1-19-11-8-13(20-2)12(14(9-11)21-3)10-17-15(16)18-4-6-22-7-5-18/h8-9H,4-7,10H2,1-3H3,(H2,16,17). The number of benzene rings is 1. The van der Waals surface area contributed by atoms with E-state index in [1.807, 2.05) is 4.90 Å². The molecule has 0 spiro atoms. The second kappa shape index (κ2) is 7.74. The molecule has 0 aliphatic carbocycles. The lowest BCUT2D eigenvalue weighted by Crippen LogP contribution is -2.44. The van der Waals surface area contributed by atoms with E-state index in [2.05, 4.69) is 4.99 Å². The van der Waals surface area contributed by atoms with Gasteiger partial charge in [0.25, 0.3) is 0 Å². The number of rotatable bonds is 5. The zero-order chi connectivity index (χ0) is 15.9. The van der Waals surface area contributed by atoms with E-state index in [-0.39, 0.29) is 0 Å². The molecule has 1 saturated heterocycles. The summed E-state index contributed by atoms with van der Waals surface area (Å²) < 4.78 is 21.3. The van der Waals surface area contributed by atoms with Crippen LogP contribution in [0.25, 0.3) is 0 Å². The summed E-state index contributed by atoms with van der Waals surface area (Å²) in [6.45, 7) is 3.23. The van der Waals surface area contributed by atoms with Gasteiger partial charge in [0.05, 0.1) is 46.7 Å². The summed E-state index contributed by atoms with van der Waals surface area (Å²) in [6, 6.07) is 3.61. The van der Waals surface area contributed by atoms with Gasteiger partial charge >= 0.3 is 0 Å². The van der Waals surface area contributed by atoms with E-state index >= 15 is 0 Å². The van der Waals surface area contributed by atoms with Gasteiger partial charge < -0.3 is 29.6 Å². The second-order valence-electron chi connectivity index (χ2n) is 4.78. The predicted octanol–water partition coefficient (Wildman–Crippen LogP) is 0.859. The Morgan fingerprint density at radius 1 is 1.14 bits per heavy atom. The summed E-state index contributed by atoms with van der Waals surface area (Å²) in [5, 5.41) is 0. The van der Waals surface area contributed by atoms with Crippen molar-refractivity contribution in [1.82, 2.24) is 4.90 Å². The number of hydrogen-bond donors (Lipinski definition) is 1. The van der Waals surface area contributed by atoms with Crippen LogP contribution in [0.3, 0.4) is 0 Å². The van der Waals surface area contributed by atoms with Crippen molar-refractivity contribution in [2.24, 2.45) is 10.7 Å². The van der Waals surface area contributed by atoms with Crippen LogP contribution in [0.4, 0.5) is 0 Å². The Morgan fingerprint density at radius 3 is 2.23 bits per heavy atom. The van der Waals surface area contributed by atoms with E-state index in [0.717, 1.165) is 18.7 Å². The van der Waals surface area contributed by atoms with Crippen molar-refractivity contribution < 1.29 is 18.9 Å². The molecule has 0 saturated carbocycles. The first-order chi connectivity index (χ1) is 10.7. The molecule has 1 fully saturated rings. The minimum atomic E-state index is 0.375. The van der Waals surface area contributed by atoms with Crippen LogP contribution in [0.15, 0.2) is 17.1 Å². The SMILES string of the molecule is COc1cc(OC)c(CN=C(N)N2CCOCC2)c(OC)c1. The maximum absolute atomic E-state index is 6.05. The molecule has 1 aliphatic heterocycles. The van der Waals surface area contributed by atoms with Crippen LogP contribution < -0.4 is 19.9 Å². The van der Waals surface area contributed by atoms with Crippen molar-refractivity contribution in [3.8, 4) is 17.2 Å². The molecule has 1 aromatic carbocycles. The van der Waals surface area contributed by atoms with Gasteiger partial charge in [-0.2, -0.15) is 0 Å². The van der Waals surface area contributed by atoms with Crippen LogP contribution in [0.5, 0.6) is 17.2 Å². The Morgan fingerprint density at radius 2 is 1.73 bits per heavy atom. The molecule has 1 heterocycles. The normalized spacial score (nSPS) is 15.6. The Hall–Kier alpha value is -2.15. The summed E-state index contributed by atoms with van der Waals surface area (Å²) in [5.74, 6) is 2.50. The fourth-order valence-corrected chi connectivity index (χ4v) is 2.29. The first-order valence-corrected chi connectivity index (χ1v) is 7.11. The van der Waals surface area contributed by atoms with Gasteiger partial charge in [0.15, 0.2) is 5.96 Å². The number of morpholine rings is 1. The van der Waals surface area contributed by atoms with Crippen LogP contribution in [-0.2, 0) is 11.3 Å². The van der Waals surface area contributed by atoms with Crippen LogP contribution in [0.2, 0.25) is 0 Å². The van der Waals surface area contributed by atoms with Crippen LogP contribution in [-0.4, -0.2) is 58.5 Å². The van der Waals surface area contributed by atoms with Gasteiger partial charge in [-0.1, -0.05) is 0 Å². The third-order valence-corrected chi connectivity index (χ3v) is 3.55. The third kappa shape index (κ3) is 3.73. The first-order valence-electron chi connectivity index (χ1n) is 7.11. The monoisotopic (exact) mass is 309 g/mol. The Kier molecular flexibility index (Phi) is 5.71. The fourth-order valence-electron chi connectivity index (χ4n) is 2.29. The largest absolute Gasteiger partial charge is 0.496 e. The molecule has 0 radical (unpaired) electrons. The molecule has 1 aromatic rings. The third-order valence-electron chi connectivity index (χ3n) is 3.55. The molecule has 2 N–H and O–H groups in total. The molecule has 7 heteroatoms. The lowest BCUT2D eigenvalue weighted by molar-refractivity contribution is 0.0674. The number of methoxy groups -OCH3 is 3. The highest BCUT2D eigenvalue weighted by atomic mass is 16.5. The van der Waals surface area contributed by atoms with Crippen LogP contribution in [0, 0.1) is 0 Å². The molecule has 0 unspecified atom stereocenters. The van der Waals surface area contributed by atoms with E-state index in [0.29, 0.717) is 43.0 Å². The number of hydrogen-bond acceptors (Lipinski definition) is 5. The second-order valence-corrected chi connectivity index (χ2v) is 4.78. The van der Waals surface area contributed by atoms with Crippen molar-refractivity contribution >= 4 is 5.96 Å². The summed E-state index contributed by atoms with van der Waals surface area (Å²) in [6.07, 6.45) is 0. The topological polar surface area (TPSA) is 78.5 Å². The minimum absolute atomic E-state index is 0.375. The maximum atomic E-state index is 6.05. The number of aliphatic imine (C=N–C) groups is 1. The lowest BCUT2D eigenvalue weighted by Gasteiger charge is -2.27. The molecule has 22 heavy (non-hydrogen) atoms. The molecule has 0 bridgehead atoms. The average molecular weight is 309 g/mol. The number of nitrogens with zero attached hydrogens (tertiary/aromatic N) is 2. The average Bonchev–Trinajstić information content (AvgIpc) is 2.59. The van der Waals surface area contributed by atoms with E-state index in [1.54, 1.807) is 33.5 Å². The van der Waals surface area contributed by atoms with E-state index in [4.69, 9.17) is 24.7 Å². The molecule has 0 aromatic heterocycles. The van der Waals surface area contributed by atoms with E-state index in [9.17, 15) is 0 Å². The fraction of sp³-hybridized carbons (Fsp3) is 0.533. The highest BCUT2D eigenvalue weighted by Gasteiger charge is 2.15. The quantitative estimate of drug-likeness (QED) is 0.642. The summed E-state index contributed by atoms with van der Waals surface area (Å²) >= 11 is 0. The molecule has 122 valence electrons. The van der Waals surface area contributed by atoms with Crippen molar-refractivity contribution in [3.63, 3.8) is 0 Å². The highest BCUT2D eigenvalue weighted by Crippen LogP contribution is 2.34. The molecule has 1 aliphatic rings. The van der Waals surface area contributed by atoms with Gasteiger partial charge in [-0.05, 0) is 0 Å². The summed E-state index contributed by atoms with van der Waals surface area (Å²) in [5.41, 5.74) is 6.88. The van der Waals surface area contributed by atoms with Gasteiger partial charge in [-0.3, -0.25) is 0 Å². The van der Waals surface area contributed by atoms with Crippen LogP contribution >= 0.6 is 0 Å².